The molecule has 2 fully saturated rings. The highest BCUT2D eigenvalue weighted by Gasteiger charge is 2.33. The molecule has 1 aromatic carbocycles. The van der Waals surface area contributed by atoms with Crippen LogP contribution in [0.2, 0.25) is 0 Å². The molecule has 3 aromatic rings. The molecule has 0 amide bonds. The Kier molecular flexibility index (Phi) is 9.13. The molecule has 2 N–H and O–H groups in total. The van der Waals surface area contributed by atoms with Gasteiger partial charge in [-0.25, -0.2) is 19.3 Å². The van der Waals surface area contributed by atoms with E-state index in [0.717, 1.165) is 36.3 Å². The molecule has 0 aliphatic carbocycles. The van der Waals surface area contributed by atoms with Gasteiger partial charge in [0.25, 0.3) is 0 Å². The lowest BCUT2D eigenvalue weighted by Crippen LogP contribution is -2.47. The zero-order valence-corrected chi connectivity index (χ0v) is 24.5. The molecule has 43 heavy (non-hydrogen) atoms. The first-order valence-electron chi connectivity index (χ1n) is 14.0. The van der Waals surface area contributed by atoms with Crippen LogP contribution in [0.1, 0.15) is 43.6 Å². The van der Waals surface area contributed by atoms with E-state index in [4.69, 9.17) is 5.11 Å². The minimum atomic E-state index is -4.74. The summed E-state index contributed by atoms with van der Waals surface area (Å²) in [5, 5.41) is 12.0. The molecule has 2 aliphatic rings. The summed E-state index contributed by atoms with van der Waals surface area (Å²) in [6.45, 7) is 6.91. The topological polar surface area (TPSA) is 97.7 Å². The molecule has 2 aliphatic heterocycles. The molecule has 0 unspecified atom stereocenters. The number of hydrogen-bond donors (Lipinski definition) is 2. The summed E-state index contributed by atoms with van der Waals surface area (Å²) in [5.74, 6) is -2.70. The second kappa shape index (κ2) is 12.7. The second-order valence-corrected chi connectivity index (χ2v) is 12.0. The van der Waals surface area contributed by atoms with E-state index in [-0.39, 0.29) is 46.5 Å². The van der Waals surface area contributed by atoms with Gasteiger partial charge in [-0.1, -0.05) is 11.3 Å². The van der Waals surface area contributed by atoms with Gasteiger partial charge in [0.15, 0.2) is 16.8 Å². The number of carbonyl (C=O) groups is 1. The highest BCUT2D eigenvalue weighted by atomic mass is 32.1. The predicted molar refractivity (Wildman–Crippen MR) is 152 cm³/mol. The molecule has 2 atom stereocenters. The molecule has 0 bridgehead atoms. The Bertz CT molecular complexity index is 1450. The molecule has 2 aromatic heterocycles. The fraction of sp³-hybridized carbons (Fsp3) is 0.500. The molecule has 5 rings (SSSR count). The summed E-state index contributed by atoms with van der Waals surface area (Å²) < 4.78 is 70.6. The summed E-state index contributed by atoms with van der Waals surface area (Å²) in [6, 6.07) is 2.83. The van der Waals surface area contributed by atoms with E-state index in [1.807, 2.05) is 4.90 Å². The van der Waals surface area contributed by atoms with Gasteiger partial charge >= 0.3 is 12.1 Å². The van der Waals surface area contributed by atoms with E-state index >= 15 is 4.39 Å². The Labute approximate surface area is 249 Å². The average molecular weight is 626 g/mol. The SMILES string of the molecule is C[C@@H]1CC[C@@H](C)N1Cc1sc(Nc2ncnc(N3CCN(CCC(=O)O)CC3)c2F)nc1-c1cc(F)cc(C(F)(F)F)c1. The largest absolute Gasteiger partial charge is 0.481 e. The molecular formula is C28H32F5N7O2S. The molecular weight excluding hydrogens is 593 g/mol. The zero-order valence-electron chi connectivity index (χ0n) is 23.7. The first kappa shape index (κ1) is 31.0. The highest BCUT2D eigenvalue weighted by molar-refractivity contribution is 7.16. The van der Waals surface area contributed by atoms with Gasteiger partial charge in [-0.15, -0.1) is 0 Å². The third-order valence-electron chi connectivity index (χ3n) is 7.97. The van der Waals surface area contributed by atoms with Crippen LogP contribution in [0.3, 0.4) is 0 Å². The van der Waals surface area contributed by atoms with Gasteiger partial charge in [0, 0.05) is 61.8 Å². The number of piperazine rings is 1. The number of thiazole rings is 1. The van der Waals surface area contributed by atoms with E-state index in [1.54, 1.807) is 4.90 Å². The zero-order chi connectivity index (χ0) is 30.9. The smallest absolute Gasteiger partial charge is 0.416 e. The number of carboxylic acids is 1. The van der Waals surface area contributed by atoms with E-state index in [1.165, 1.54) is 6.33 Å². The van der Waals surface area contributed by atoms with Gasteiger partial charge in [-0.05, 0) is 44.9 Å². The number of alkyl halides is 3. The van der Waals surface area contributed by atoms with Crippen molar-refractivity contribution in [1.29, 1.82) is 0 Å². The number of hydrogen-bond acceptors (Lipinski definition) is 9. The van der Waals surface area contributed by atoms with Crippen LogP contribution >= 0.6 is 11.3 Å². The quantitative estimate of drug-likeness (QED) is 0.294. The number of rotatable bonds is 9. The Balaban J connectivity index is 1.42. The average Bonchev–Trinajstić information content (AvgIpc) is 3.50. The van der Waals surface area contributed by atoms with Crippen molar-refractivity contribution in [3.63, 3.8) is 0 Å². The van der Waals surface area contributed by atoms with Gasteiger partial charge in [0.2, 0.25) is 5.82 Å². The molecule has 232 valence electrons. The van der Waals surface area contributed by atoms with Crippen molar-refractivity contribution in [3.05, 3.63) is 46.6 Å². The normalized spacial score (nSPS) is 20.1. The molecule has 9 nitrogen and oxygen atoms in total. The fourth-order valence-corrected chi connectivity index (χ4v) is 6.55. The minimum absolute atomic E-state index is 0.0178. The number of anilines is 3. The van der Waals surface area contributed by atoms with E-state index in [2.05, 4.69) is 39.0 Å². The number of benzene rings is 1. The van der Waals surface area contributed by atoms with Crippen LogP contribution < -0.4 is 10.2 Å². The summed E-state index contributed by atoms with van der Waals surface area (Å²) in [4.78, 5) is 30.1. The monoisotopic (exact) mass is 625 g/mol. The summed E-state index contributed by atoms with van der Waals surface area (Å²) in [6.07, 6.45) is -1.56. The Morgan fingerprint density at radius 1 is 1.07 bits per heavy atom. The van der Waals surface area contributed by atoms with E-state index < -0.39 is 29.3 Å². The number of aliphatic carboxylic acids is 1. The Hall–Kier alpha value is -3.43. The van der Waals surface area contributed by atoms with Crippen LogP contribution in [0, 0.1) is 11.6 Å². The van der Waals surface area contributed by atoms with Gasteiger partial charge in [0.1, 0.15) is 12.1 Å². The van der Waals surface area contributed by atoms with Crippen LogP contribution in [0.5, 0.6) is 0 Å². The number of nitrogens with one attached hydrogen (secondary N) is 1. The van der Waals surface area contributed by atoms with Gasteiger partial charge < -0.3 is 15.3 Å². The maximum atomic E-state index is 15.7. The van der Waals surface area contributed by atoms with Crippen molar-refractivity contribution in [2.24, 2.45) is 0 Å². The molecule has 0 radical (unpaired) electrons. The van der Waals surface area contributed by atoms with Crippen LogP contribution in [0.15, 0.2) is 24.5 Å². The minimum Gasteiger partial charge on any atom is -0.481 e. The van der Waals surface area contributed by atoms with Crippen molar-refractivity contribution >= 4 is 34.1 Å². The Morgan fingerprint density at radius 3 is 2.42 bits per heavy atom. The summed E-state index contributed by atoms with van der Waals surface area (Å²) in [7, 11) is 0. The standard InChI is InChI=1S/C28H32F5N7O2S/c1-16-3-4-17(2)40(16)14-21-24(18-11-19(28(31,32)33)13-20(29)12-18)36-27(43-21)37-25-23(30)26(35-15-34-25)39-9-7-38(8-10-39)6-5-22(41)42/h11-13,15-17H,3-10,14H2,1-2H3,(H,41,42)(H,34,35,36,37)/t16-,17-/m1/s1. The molecule has 4 heterocycles. The van der Waals surface area contributed by atoms with Crippen LogP contribution in [-0.4, -0.2) is 80.6 Å². The van der Waals surface area contributed by atoms with Crippen LogP contribution in [0.4, 0.5) is 38.7 Å². The second-order valence-electron chi connectivity index (χ2n) is 10.9. The molecule has 15 heteroatoms. The fourth-order valence-electron chi connectivity index (χ4n) is 5.56. The highest BCUT2D eigenvalue weighted by Crippen LogP contribution is 2.39. The summed E-state index contributed by atoms with van der Waals surface area (Å²) >= 11 is 1.15. The number of carboxylic acid groups (broad SMARTS) is 1. The van der Waals surface area contributed by atoms with Crippen molar-refractivity contribution in [2.45, 2.75) is 57.9 Å². The van der Waals surface area contributed by atoms with E-state index in [9.17, 15) is 22.4 Å². The predicted octanol–water partition coefficient (Wildman–Crippen LogP) is 5.61. The van der Waals surface area contributed by atoms with Crippen molar-refractivity contribution in [1.82, 2.24) is 24.8 Å². The Morgan fingerprint density at radius 2 is 1.77 bits per heavy atom. The molecule has 0 spiro atoms. The number of aromatic nitrogens is 3. The van der Waals surface area contributed by atoms with Crippen molar-refractivity contribution < 1.29 is 31.9 Å². The number of likely N-dealkylation sites (tertiary alicyclic amines) is 1. The van der Waals surface area contributed by atoms with E-state index in [0.29, 0.717) is 50.2 Å². The first-order valence-corrected chi connectivity index (χ1v) is 14.8. The van der Waals surface area contributed by atoms with Gasteiger partial charge in [0.05, 0.1) is 17.7 Å². The van der Waals surface area contributed by atoms with Crippen molar-refractivity contribution in [3.8, 4) is 11.3 Å². The van der Waals surface area contributed by atoms with Gasteiger partial charge in [-0.2, -0.15) is 17.6 Å². The maximum Gasteiger partial charge on any atom is 0.416 e. The van der Waals surface area contributed by atoms with Crippen LogP contribution in [0.25, 0.3) is 11.3 Å². The first-order chi connectivity index (χ1) is 20.4. The lowest BCUT2D eigenvalue weighted by molar-refractivity contribution is -0.138. The lowest BCUT2D eigenvalue weighted by atomic mass is 10.1. The van der Waals surface area contributed by atoms with Gasteiger partial charge in [-0.3, -0.25) is 14.6 Å². The van der Waals surface area contributed by atoms with Crippen LogP contribution in [-0.2, 0) is 17.5 Å². The molecule has 2 saturated heterocycles. The maximum absolute atomic E-state index is 15.7. The number of halogens is 5. The lowest BCUT2D eigenvalue weighted by Gasteiger charge is -2.35. The summed E-state index contributed by atoms with van der Waals surface area (Å²) in [5.41, 5.74) is -0.944. The third-order valence-corrected chi connectivity index (χ3v) is 8.92. The van der Waals surface area contributed by atoms with Crippen molar-refractivity contribution in [2.75, 3.05) is 42.9 Å². The third kappa shape index (κ3) is 7.21. The molecule has 0 saturated carbocycles. The number of nitrogens with zero attached hydrogens (tertiary/aromatic N) is 6.